The highest BCUT2D eigenvalue weighted by molar-refractivity contribution is 5.90. The molecule has 1 aliphatic heterocycles. The molecule has 1 fully saturated rings. The summed E-state index contributed by atoms with van der Waals surface area (Å²) in [5, 5.41) is 7.31. The molecule has 1 unspecified atom stereocenters. The molecule has 138 valence electrons. The van der Waals surface area contributed by atoms with Crippen molar-refractivity contribution < 1.29 is 4.79 Å². The lowest BCUT2D eigenvalue weighted by Gasteiger charge is -2.25. The topological polar surface area (TPSA) is 63.1 Å². The predicted molar refractivity (Wildman–Crippen MR) is 105 cm³/mol. The highest BCUT2D eigenvalue weighted by atomic mass is 16.2. The van der Waals surface area contributed by atoms with Crippen LogP contribution in [0.15, 0.2) is 54.9 Å². The van der Waals surface area contributed by atoms with E-state index in [0.29, 0.717) is 0 Å². The van der Waals surface area contributed by atoms with Gasteiger partial charge in [0.15, 0.2) is 0 Å². The quantitative estimate of drug-likeness (QED) is 0.762. The van der Waals surface area contributed by atoms with Crippen LogP contribution in [0.5, 0.6) is 0 Å². The molecule has 6 heteroatoms. The normalized spacial score (nSPS) is 16.5. The van der Waals surface area contributed by atoms with E-state index in [1.807, 2.05) is 59.1 Å². The van der Waals surface area contributed by atoms with Crippen LogP contribution < -0.4 is 5.32 Å². The largest absolute Gasteiger partial charge is 0.322 e. The van der Waals surface area contributed by atoms with Gasteiger partial charge in [0.05, 0.1) is 17.4 Å². The highest BCUT2D eigenvalue weighted by Gasteiger charge is 2.31. The van der Waals surface area contributed by atoms with Gasteiger partial charge in [-0.2, -0.15) is 5.10 Å². The van der Waals surface area contributed by atoms with Gasteiger partial charge in [0.1, 0.15) is 0 Å². The van der Waals surface area contributed by atoms with Crippen LogP contribution in [0.4, 0.5) is 10.5 Å². The van der Waals surface area contributed by atoms with Gasteiger partial charge in [-0.3, -0.25) is 9.67 Å². The number of aryl methyl sites for hydroxylation is 2. The standard InChI is InChI=1S/C21H23N5O/c1-15-8-9-16(14-17(15)18-6-3-4-11-22-18)24-21(27)26-13-5-7-20(26)19-10-12-23-25(19)2/h3-4,6,8-12,14,20H,5,7,13H2,1-2H3,(H,24,27). The number of hydrogen-bond acceptors (Lipinski definition) is 3. The fraction of sp³-hybridized carbons (Fsp3) is 0.286. The Balaban J connectivity index is 1.55. The number of amides is 2. The van der Waals surface area contributed by atoms with Crippen molar-refractivity contribution in [2.45, 2.75) is 25.8 Å². The van der Waals surface area contributed by atoms with Crippen molar-refractivity contribution in [2.75, 3.05) is 11.9 Å². The van der Waals surface area contributed by atoms with Crippen molar-refractivity contribution in [2.24, 2.45) is 7.05 Å². The van der Waals surface area contributed by atoms with Gasteiger partial charge in [-0.15, -0.1) is 0 Å². The molecule has 1 aliphatic rings. The zero-order chi connectivity index (χ0) is 18.8. The second-order valence-corrected chi connectivity index (χ2v) is 6.91. The van der Waals surface area contributed by atoms with Crippen molar-refractivity contribution in [1.82, 2.24) is 19.7 Å². The highest BCUT2D eigenvalue weighted by Crippen LogP contribution is 2.32. The number of likely N-dealkylation sites (tertiary alicyclic amines) is 1. The summed E-state index contributed by atoms with van der Waals surface area (Å²) in [6.07, 6.45) is 5.52. The second-order valence-electron chi connectivity index (χ2n) is 6.91. The number of anilines is 1. The van der Waals surface area contributed by atoms with Crippen molar-refractivity contribution in [1.29, 1.82) is 0 Å². The first-order valence-electron chi connectivity index (χ1n) is 9.21. The molecule has 4 rings (SSSR count). The van der Waals surface area contributed by atoms with E-state index < -0.39 is 0 Å². The minimum Gasteiger partial charge on any atom is -0.316 e. The summed E-state index contributed by atoms with van der Waals surface area (Å²) < 4.78 is 1.85. The summed E-state index contributed by atoms with van der Waals surface area (Å²) in [6.45, 7) is 2.80. The lowest BCUT2D eigenvalue weighted by atomic mass is 10.0. The molecule has 0 saturated carbocycles. The number of pyridine rings is 1. The third kappa shape index (κ3) is 3.43. The van der Waals surface area contributed by atoms with E-state index >= 15 is 0 Å². The SMILES string of the molecule is Cc1ccc(NC(=O)N2CCCC2c2ccnn2C)cc1-c1ccccn1. The molecule has 27 heavy (non-hydrogen) atoms. The Morgan fingerprint density at radius 3 is 2.81 bits per heavy atom. The molecule has 0 radical (unpaired) electrons. The molecule has 2 aromatic heterocycles. The first kappa shape index (κ1) is 17.3. The van der Waals surface area contributed by atoms with Crippen LogP contribution in [0.2, 0.25) is 0 Å². The average Bonchev–Trinajstić information content (AvgIpc) is 3.32. The van der Waals surface area contributed by atoms with Crippen LogP contribution in [0.1, 0.15) is 30.1 Å². The monoisotopic (exact) mass is 361 g/mol. The molecule has 0 spiro atoms. The van der Waals surface area contributed by atoms with Crippen LogP contribution in [-0.2, 0) is 7.05 Å². The summed E-state index contributed by atoms with van der Waals surface area (Å²) in [5.74, 6) is 0. The minimum absolute atomic E-state index is 0.0678. The Bertz CT molecular complexity index is 950. The Labute approximate surface area is 158 Å². The second kappa shape index (κ2) is 7.23. The maximum Gasteiger partial charge on any atom is 0.322 e. The summed E-state index contributed by atoms with van der Waals surface area (Å²) >= 11 is 0. The summed E-state index contributed by atoms with van der Waals surface area (Å²) in [7, 11) is 1.92. The third-order valence-electron chi connectivity index (χ3n) is 5.14. The summed E-state index contributed by atoms with van der Waals surface area (Å²) in [6, 6.07) is 13.8. The molecule has 0 bridgehead atoms. The average molecular weight is 361 g/mol. The smallest absolute Gasteiger partial charge is 0.316 e. The van der Waals surface area contributed by atoms with Gasteiger partial charge in [0, 0.05) is 37.2 Å². The molecule has 1 atom stereocenters. The zero-order valence-electron chi connectivity index (χ0n) is 15.6. The van der Waals surface area contributed by atoms with Gasteiger partial charge < -0.3 is 10.2 Å². The predicted octanol–water partition coefficient (Wildman–Crippen LogP) is 4.16. The van der Waals surface area contributed by atoms with Gasteiger partial charge in [-0.05, 0) is 55.7 Å². The van der Waals surface area contributed by atoms with E-state index in [1.54, 1.807) is 12.4 Å². The Morgan fingerprint density at radius 1 is 1.19 bits per heavy atom. The molecule has 1 N–H and O–H groups in total. The van der Waals surface area contributed by atoms with E-state index in [2.05, 4.69) is 22.3 Å². The molecule has 3 aromatic rings. The Hall–Kier alpha value is -3.15. The zero-order valence-corrected chi connectivity index (χ0v) is 15.6. The fourth-order valence-corrected chi connectivity index (χ4v) is 3.72. The van der Waals surface area contributed by atoms with E-state index in [-0.39, 0.29) is 12.1 Å². The van der Waals surface area contributed by atoms with Crippen molar-refractivity contribution in [3.63, 3.8) is 0 Å². The van der Waals surface area contributed by atoms with Gasteiger partial charge in [-0.25, -0.2) is 4.79 Å². The van der Waals surface area contributed by atoms with Gasteiger partial charge in [0.2, 0.25) is 0 Å². The van der Waals surface area contributed by atoms with Crippen molar-refractivity contribution in [3.05, 3.63) is 66.1 Å². The molecular weight excluding hydrogens is 338 g/mol. The summed E-state index contributed by atoms with van der Waals surface area (Å²) in [4.78, 5) is 19.3. The number of rotatable bonds is 3. The number of carbonyl (C=O) groups excluding carboxylic acids is 1. The van der Waals surface area contributed by atoms with Crippen LogP contribution >= 0.6 is 0 Å². The number of nitrogens with one attached hydrogen (secondary N) is 1. The van der Waals surface area contributed by atoms with Crippen LogP contribution in [-0.4, -0.2) is 32.2 Å². The Kier molecular flexibility index (Phi) is 4.62. The van der Waals surface area contributed by atoms with Crippen molar-refractivity contribution >= 4 is 11.7 Å². The first-order chi connectivity index (χ1) is 13.1. The maximum atomic E-state index is 12.9. The third-order valence-corrected chi connectivity index (χ3v) is 5.14. The number of aromatic nitrogens is 3. The number of carbonyl (C=O) groups is 1. The van der Waals surface area contributed by atoms with E-state index in [4.69, 9.17) is 0 Å². The lowest BCUT2D eigenvalue weighted by molar-refractivity contribution is 0.205. The fourth-order valence-electron chi connectivity index (χ4n) is 3.72. The minimum atomic E-state index is -0.0745. The number of benzene rings is 1. The number of nitrogens with zero attached hydrogens (tertiary/aromatic N) is 4. The van der Waals surface area contributed by atoms with Crippen LogP contribution in [0.3, 0.4) is 0 Å². The molecule has 1 saturated heterocycles. The van der Waals surface area contributed by atoms with E-state index in [0.717, 1.165) is 47.6 Å². The molecule has 0 aliphatic carbocycles. The molecule has 3 heterocycles. The first-order valence-corrected chi connectivity index (χ1v) is 9.21. The Morgan fingerprint density at radius 2 is 2.07 bits per heavy atom. The van der Waals surface area contributed by atoms with E-state index in [9.17, 15) is 4.79 Å². The molecule has 6 nitrogen and oxygen atoms in total. The van der Waals surface area contributed by atoms with Gasteiger partial charge in [0.25, 0.3) is 0 Å². The van der Waals surface area contributed by atoms with E-state index in [1.165, 1.54) is 0 Å². The molecule has 2 amide bonds. The van der Waals surface area contributed by atoms with Gasteiger partial charge in [-0.1, -0.05) is 12.1 Å². The molecular formula is C21H23N5O. The summed E-state index contributed by atoms with van der Waals surface area (Å²) in [5.41, 5.74) is 4.90. The van der Waals surface area contributed by atoms with Crippen LogP contribution in [0, 0.1) is 6.92 Å². The number of urea groups is 1. The maximum absolute atomic E-state index is 12.9. The van der Waals surface area contributed by atoms with Crippen molar-refractivity contribution in [3.8, 4) is 11.3 Å². The van der Waals surface area contributed by atoms with Crippen LogP contribution in [0.25, 0.3) is 11.3 Å². The molecule has 1 aromatic carbocycles. The van der Waals surface area contributed by atoms with Gasteiger partial charge >= 0.3 is 6.03 Å². The number of hydrogen-bond donors (Lipinski definition) is 1. The lowest BCUT2D eigenvalue weighted by Crippen LogP contribution is -2.35.